The van der Waals surface area contributed by atoms with Crippen LogP contribution in [0.1, 0.15) is 15.9 Å². The maximum Gasteiger partial charge on any atom is 0.251 e. The molecule has 1 amide bonds. The quantitative estimate of drug-likeness (QED) is 0.761. The van der Waals surface area contributed by atoms with Crippen molar-refractivity contribution in [3.8, 4) is 5.75 Å². The van der Waals surface area contributed by atoms with E-state index in [2.05, 4.69) is 11.9 Å². The monoisotopic (exact) mass is 262 g/mol. The third kappa shape index (κ3) is 4.75. The molecule has 1 aromatic rings. The maximum absolute atomic E-state index is 12.0. The third-order valence-electron chi connectivity index (χ3n) is 2.75. The van der Waals surface area contributed by atoms with E-state index in [1.165, 1.54) is 0 Å². The van der Waals surface area contributed by atoms with Gasteiger partial charge in [0, 0.05) is 18.7 Å². The molecule has 0 aliphatic carbocycles. The van der Waals surface area contributed by atoms with Crippen molar-refractivity contribution in [1.82, 2.24) is 10.2 Å². The summed E-state index contributed by atoms with van der Waals surface area (Å²) in [6.07, 6.45) is 2.48. The van der Waals surface area contributed by atoms with Gasteiger partial charge in [0.2, 0.25) is 0 Å². The molecule has 104 valence electrons. The number of hydrogen-bond donors (Lipinski definition) is 1. The highest BCUT2D eigenvalue weighted by Crippen LogP contribution is 2.20. The molecule has 0 bridgehead atoms. The second-order valence-electron chi connectivity index (χ2n) is 4.58. The molecule has 0 aromatic heterocycles. The van der Waals surface area contributed by atoms with Crippen LogP contribution >= 0.6 is 0 Å². The SMILES string of the molecule is C=CCc1cc(C(=O)NCCN(C)C)ccc1OC. The Morgan fingerprint density at radius 3 is 2.79 bits per heavy atom. The highest BCUT2D eigenvalue weighted by atomic mass is 16.5. The Hall–Kier alpha value is -1.81. The fourth-order valence-electron chi connectivity index (χ4n) is 1.73. The average molecular weight is 262 g/mol. The molecule has 0 aliphatic rings. The molecule has 0 spiro atoms. The summed E-state index contributed by atoms with van der Waals surface area (Å²) >= 11 is 0. The smallest absolute Gasteiger partial charge is 0.251 e. The summed E-state index contributed by atoms with van der Waals surface area (Å²) in [5.41, 5.74) is 1.62. The lowest BCUT2D eigenvalue weighted by Crippen LogP contribution is -2.31. The van der Waals surface area contributed by atoms with Gasteiger partial charge in [-0.15, -0.1) is 6.58 Å². The minimum absolute atomic E-state index is 0.0604. The minimum Gasteiger partial charge on any atom is -0.496 e. The zero-order chi connectivity index (χ0) is 14.3. The number of allylic oxidation sites excluding steroid dienone is 1. The molecule has 4 nitrogen and oxygen atoms in total. The summed E-state index contributed by atoms with van der Waals surface area (Å²) in [7, 11) is 5.57. The van der Waals surface area contributed by atoms with Crippen molar-refractivity contribution in [2.24, 2.45) is 0 Å². The maximum atomic E-state index is 12.0. The van der Waals surface area contributed by atoms with Gasteiger partial charge in [-0.25, -0.2) is 0 Å². The fourth-order valence-corrected chi connectivity index (χ4v) is 1.73. The van der Waals surface area contributed by atoms with Gasteiger partial charge in [-0.2, -0.15) is 0 Å². The van der Waals surface area contributed by atoms with Crippen LogP contribution in [0.15, 0.2) is 30.9 Å². The average Bonchev–Trinajstić information content (AvgIpc) is 2.38. The summed E-state index contributed by atoms with van der Waals surface area (Å²) in [6.45, 7) is 5.17. The Morgan fingerprint density at radius 2 is 2.21 bits per heavy atom. The molecule has 0 atom stereocenters. The molecular formula is C15H22N2O2. The van der Waals surface area contributed by atoms with Crippen LogP contribution in [0.5, 0.6) is 5.75 Å². The molecule has 0 unspecified atom stereocenters. The summed E-state index contributed by atoms with van der Waals surface area (Å²) in [5, 5.41) is 2.89. The van der Waals surface area contributed by atoms with Crippen LogP contribution in [-0.4, -0.2) is 45.1 Å². The van der Waals surface area contributed by atoms with Crippen LogP contribution in [0.3, 0.4) is 0 Å². The summed E-state index contributed by atoms with van der Waals surface area (Å²) < 4.78 is 5.26. The Labute approximate surface area is 115 Å². The van der Waals surface area contributed by atoms with E-state index < -0.39 is 0 Å². The van der Waals surface area contributed by atoms with Crippen molar-refractivity contribution in [3.05, 3.63) is 42.0 Å². The van der Waals surface area contributed by atoms with Crippen molar-refractivity contribution >= 4 is 5.91 Å². The molecule has 1 N–H and O–H groups in total. The van der Waals surface area contributed by atoms with Crippen LogP contribution < -0.4 is 10.1 Å². The first-order valence-corrected chi connectivity index (χ1v) is 6.29. The second-order valence-corrected chi connectivity index (χ2v) is 4.58. The fraction of sp³-hybridized carbons (Fsp3) is 0.400. The molecule has 0 aliphatic heterocycles. The Balaban J connectivity index is 2.74. The van der Waals surface area contributed by atoms with Gasteiger partial charge in [0.15, 0.2) is 0 Å². The lowest BCUT2D eigenvalue weighted by atomic mass is 10.1. The first-order chi connectivity index (χ1) is 9.08. The number of nitrogens with zero attached hydrogens (tertiary/aromatic N) is 1. The van der Waals surface area contributed by atoms with Gasteiger partial charge in [0.05, 0.1) is 7.11 Å². The molecule has 0 saturated carbocycles. The number of nitrogens with one attached hydrogen (secondary N) is 1. The van der Waals surface area contributed by atoms with Crippen molar-refractivity contribution in [1.29, 1.82) is 0 Å². The zero-order valence-corrected chi connectivity index (χ0v) is 11.9. The number of likely N-dealkylation sites (N-methyl/N-ethyl adjacent to an activating group) is 1. The van der Waals surface area contributed by atoms with Crippen LogP contribution in [0.25, 0.3) is 0 Å². The van der Waals surface area contributed by atoms with Gasteiger partial charge in [0.25, 0.3) is 5.91 Å². The van der Waals surface area contributed by atoms with Gasteiger partial charge >= 0.3 is 0 Å². The Kier molecular flexibility index (Phi) is 6.09. The van der Waals surface area contributed by atoms with Crippen LogP contribution in [-0.2, 0) is 6.42 Å². The van der Waals surface area contributed by atoms with Crippen LogP contribution in [0, 0.1) is 0 Å². The Morgan fingerprint density at radius 1 is 1.47 bits per heavy atom. The largest absolute Gasteiger partial charge is 0.496 e. The molecular weight excluding hydrogens is 240 g/mol. The number of ether oxygens (including phenoxy) is 1. The van der Waals surface area contributed by atoms with E-state index in [-0.39, 0.29) is 5.91 Å². The molecule has 1 aromatic carbocycles. The summed E-state index contributed by atoms with van der Waals surface area (Å²) in [5.74, 6) is 0.722. The van der Waals surface area contributed by atoms with E-state index in [1.54, 1.807) is 19.3 Å². The molecule has 0 heterocycles. The van der Waals surface area contributed by atoms with Gasteiger partial charge in [0.1, 0.15) is 5.75 Å². The van der Waals surface area contributed by atoms with Crippen LogP contribution in [0.4, 0.5) is 0 Å². The number of carbonyl (C=O) groups is 1. The number of amides is 1. The summed E-state index contributed by atoms with van der Waals surface area (Å²) in [4.78, 5) is 14.0. The van der Waals surface area contributed by atoms with E-state index in [4.69, 9.17) is 4.74 Å². The zero-order valence-electron chi connectivity index (χ0n) is 11.9. The first-order valence-electron chi connectivity index (χ1n) is 6.29. The lowest BCUT2D eigenvalue weighted by Gasteiger charge is -2.12. The van der Waals surface area contributed by atoms with Crippen LogP contribution in [0.2, 0.25) is 0 Å². The molecule has 19 heavy (non-hydrogen) atoms. The number of rotatable bonds is 7. The van der Waals surface area contributed by atoms with E-state index in [1.807, 2.05) is 31.1 Å². The predicted octanol–water partition coefficient (Wildman–Crippen LogP) is 1.72. The highest BCUT2D eigenvalue weighted by molar-refractivity contribution is 5.94. The lowest BCUT2D eigenvalue weighted by molar-refractivity contribution is 0.0951. The Bertz CT molecular complexity index is 442. The number of hydrogen-bond acceptors (Lipinski definition) is 3. The molecule has 4 heteroatoms. The summed E-state index contributed by atoms with van der Waals surface area (Å²) in [6, 6.07) is 5.45. The molecule has 0 saturated heterocycles. The van der Waals surface area contributed by atoms with E-state index in [9.17, 15) is 4.79 Å². The number of methoxy groups -OCH3 is 1. The third-order valence-corrected chi connectivity index (χ3v) is 2.75. The number of benzene rings is 1. The van der Waals surface area contributed by atoms with Crippen molar-refractivity contribution in [2.75, 3.05) is 34.3 Å². The molecule has 0 radical (unpaired) electrons. The van der Waals surface area contributed by atoms with E-state index in [0.29, 0.717) is 18.5 Å². The molecule has 0 fully saturated rings. The number of carbonyl (C=O) groups excluding carboxylic acids is 1. The van der Waals surface area contributed by atoms with E-state index in [0.717, 1.165) is 17.9 Å². The standard InChI is InChI=1S/C15H22N2O2/c1-5-6-12-11-13(7-8-14(12)19-4)15(18)16-9-10-17(2)3/h5,7-8,11H,1,6,9-10H2,2-4H3,(H,16,18). The van der Waals surface area contributed by atoms with Crippen molar-refractivity contribution < 1.29 is 9.53 Å². The normalized spacial score (nSPS) is 10.3. The highest BCUT2D eigenvalue weighted by Gasteiger charge is 2.09. The minimum atomic E-state index is -0.0604. The van der Waals surface area contributed by atoms with E-state index >= 15 is 0 Å². The predicted molar refractivity (Wildman–Crippen MR) is 77.8 cm³/mol. The van der Waals surface area contributed by atoms with Gasteiger partial charge in [-0.05, 0) is 44.3 Å². The topological polar surface area (TPSA) is 41.6 Å². The second kappa shape index (κ2) is 7.59. The van der Waals surface area contributed by atoms with Crippen molar-refractivity contribution in [2.45, 2.75) is 6.42 Å². The first kappa shape index (κ1) is 15.2. The van der Waals surface area contributed by atoms with Crippen molar-refractivity contribution in [3.63, 3.8) is 0 Å². The molecule has 1 rings (SSSR count). The van der Waals surface area contributed by atoms with Gasteiger partial charge in [-0.1, -0.05) is 6.08 Å². The van der Waals surface area contributed by atoms with Gasteiger partial charge < -0.3 is 15.0 Å². The van der Waals surface area contributed by atoms with Gasteiger partial charge in [-0.3, -0.25) is 4.79 Å².